The van der Waals surface area contributed by atoms with Crippen molar-refractivity contribution in [2.24, 2.45) is 4.99 Å². The van der Waals surface area contributed by atoms with Gasteiger partial charge in [-0.05, 0) is 28.5 Å². The zero-order chi connectivity index (χ0) is 15.7. The van der Waals surface area contributed by atoms with Gasteiger partial charge < -0.3 is 5.32 Å². The summed E-state index contributed by atoms with van der Waals surface area (Å²) in [6.07, 6.45) is 1.82. The Labute approximate surface area is 134 Å². The molecular formula is C18H18N2OS. The number of carbonyl (C=O) groups excluding carboxylic acids is 1. The van der Waals surface area contributed by atoms with Crippen LogP contribution in [-0.2, 0) is 10.2 Å². The van der Waals surface area contributed by atoms with Crippen LogP contribution in [0, 0.1) is 0 Å². The number of nitrogens with zero attached hydrogens (tertiary/aromatic N) is 1. The third kappa shape index (κ3) is 3.02. The largest absolute Gasteiger partial charge is 0.305 e. The van der Waals surface area contributed by atoms with E-state index in [-0.39, 0.29) is 11.3 Å². The van der Waals surface area contributed by atoms with Gasteiger partial charge >= 0.3 is 0 Å². The quantitative estimate of drug-likeness (QED) is 0.838. The summed E-state index contributed by atoms with van der Waals surface area (Å²) in [5.41, 5.74) is 2.76. The Bertz CT molecular complexity index is 747. The number of amidine groups is 1. The summed E-state index contributed by atoms with van der Waals surface area (Å²) in [4.78, 5) is 17.5. The van der Waals surface area contributed by atoms with Crippen molar-refractivity contribution in [3.63, 3.8) is 0 Å². The van der Waals surface area contributed by atoms with Crippen LogP contribution in [0.2, 0.25) is 0 Å². The lowest BCUT2D eigenvalue weighted by molar-refractivity contribution is -0.115. The van der Waals surface area contributed by atoms with Crippen molar-refractivity contribution in [1.82, 2.24) is 5.32 Å². The minimum absolute atomic E-state index is 0.115. The summed E-state index contributed by atoms with van der Waals surface area (Å²) < 4.78 is 0. The van der Waals surface area contributed by atoms with E-state index >= 15 is 0 Å². The molecule has 1 aromatic heterocycles. The van der Waals surface area contributed by atoms with Crippen LogP contribution in [0.15, 0.2) is 52.5 Å². The lowest BCUT2D eigenvalue weighted by Gasteiger charge is -2.19. The molecule has 0 radical (unpaired) electrons. The highest BCUT2D eigenvalue weighted by Crippen LogP contribution is 2.23. The highest BCUT2D eigenvalue weighted by atomic mass is 32.1. The van der Waals surface area contributed by atoms with E-state index in [0.717, 1.165) is 10.4 Å². The van der Waals surface area contributed by atoms with Crippen LogP contribution >= 0.6 is 11.3 Å². The molecule has 0 saturated carbocycles. The zero-order valence-electron chi connectivity index (χ0n) is 12.9. The van der Waals surface area contributed by atoms with Crippen LogP contribution in [0.3, 0.4) is 0 Å². The molecular weight excluding hydrogens is 292 g/mol. The van der Waals surface area contributed by atoms with Gasteiger partial charge in [0.2, 0.25) is 0 Å². The van der Waals surface area contributed by atoms with E-state index in [9.17, 15) is 4.79 Å². The average Bonchev–Trinajstić information content (AvgIpc) is 3.09. The molecule has 22 heavy (non-hydrogen) atoms. The topological polar surface area (TPSA) is 41.5 Å². The summed E-state index contributed by atoms with van der Waals surface area (Å²) >= 11 is 1.59. The SMILES string of the molecule is CC(C)(C)c1ccc(C2=N/C(=C/c3cccs3)C(=O)N2)cc1. The van der Waals surface area contributed by atoms with Gasteiger partial charge in [0.25, 0.3) is 5.91 Å². The molecule has 2 heterocycles. The van der Waals surface area contributed by atoms with E-state index in [1.54, 1.807) is 11.3 Å². The van der Waals surface area contributed by atoms with Gasteiger partial charge in [-0.2, -0.15) is 0 Å². The first-order chi connectivity index (χ1) is 10.4. The maximum Gasteiger partial charge on any atom is 0.275 e. The molecule has 1 aromatic carbocycles. The molecule has 1 amide bonds. The Balaban J connectivity index is 1.88. The number of nitrogens with one attached hydrogen (secondary N) is 1. The number of rotatable bonds is 2. The summed E-state index contributed by atoms with van der Waals surface area (Å²) in [5, 5.41) is 4.82. The molecule has 0 aliphatic carbocycles. The van der Waals surface area contributed by atoms with Crippen molar-refractivity contribution in [3.8, 4) is 0 Å². The number of amides is 1. The van der Waals surface area contributed by atoms with Crippen LogP contribution in [0.5, 0.6) is 0 Å². The van der Waals surface area contributed by atoms with Gasteiger partial charge in [-0.25, -0.2) is 4.99 Å². The lowest BCUT2D eigenvalue weighted by atomic mass is 9.86. The molecule has 1 aliphatic rings. The number of thiophene rings is 1. The van der Waals surface area contributed by atoms with E-state index in [1.165, 1.54) is 5.56 Å². The molecule has 2 aromatic rings. The van der Waals surface area contributed by atoms with Crippen molar-refractivity contribution < 1.29 is 4.79 Å². The average molecular weight is 310 g/mol. The van der Waals surface area contributed by atoms with Crippen molar-refractivity contribution in [1.29, 1.82) is 0 Å². The Kier molecular flexibility index (Phi) is 3.71. The van der Waals surface area contributed by atoms with E-state index < -0.39 is 0 Å². The van der Waals surface area contributed by atoms with Gasteiger partial charge in [-0.3, -0.25) is 4.79 Å². The van der Waals surface area contributed by atoms with Gasteiger partial charge in [0.05, 0.1) is 0 Å². The third-order valence-corrected chi connectivity index (χ3v) is 4.36. The number of benzene rings is 1. The van der Waals surface area contributed by atoms with Crippen LogP contribution in [0.1, 0.15) is 36.8 Å². The summed E-state index contributed by atoms with van der Waals surface area (Å²) in [7, 11) is 0. The smallest absolute Gasteiger partial charge is 0.275 e. The second-order valence-electron chi connectivity index (χ2n) is 6.29. The summed E-state index contributed by atoms with van der Waals surface area (Å²) in [5.74, 6) is 0.469. The van der Waals surface area contributed by atoms with Gasteiger partial charge in [0.1, 0.15) is 11.5 Å². The maximum absolute atomic E-state index is 12.0. The Morgan fingerprint density at radius 3 is 2.45 bits per heavy atom. The predicted octanol–water partition coefficient (Wildman–Crippen LogP) is 3.96. The van der Waals surface area contributed by atoms with Gasteiger partial charge in [-0.15, -0.1) is 11.3 Å². The third-order valence-electron chi connectivity index (χ3n) is 3.54. The molecule has 112 valence electrons. The minimum Gasteiger partial charge on any atom is -0.305 e. The molecule has 0 bridgehead atoms. The van der Waals surface area contributed by atoms with Crippen LogP contribution in [0.25, 0.3) is 6.08 Å². The number of hydrogen-bond donors (Lipinski definition) is 1. The van der Waals surface area contributed by atoms with Crippen molar-refractivity contribution >= 4 is 29.2 Å². The molecule has 3 rings (SSSR count). The molecule has 0 unspecified atom stereocenters. The Hall–Kier alpha value is -2.20. The molecule has 1 aliphatic heterocycles. The van der Waals surface area contributed by atoms with Crippen molar-refractivity contribution in [3.05, 3.63) is 63.5 Å². The standard InChI is InChI=1S/C18H18N2OS/c1-18(2,3)13-8-6-12(7-9-13)16-19-15(17(21)20-16)11-14-5-4-10-22-14/h4-11H,1-3H3,(H,19,20,21)/b15-11+. The van der Waals surface area contributed by atoms with Gasteiger partial charge in [0.15, 0.2) is 0 Å². The molecule has 4 heteroatoms. The van der Waals surface area contributed by atoms with E-state index in [1.807, 2.05) is 35.7 Å². The van der Waals surface area contributed by atoms with Gasteiger partial charge in [0, 0.05) is 10.4 Å². The number of carbonyl (C=O) groups is 1. The number of hydrogen-bond acceptors (Lipinski definition) is 3. The van der Waals surface area contributed by atoms with E-state index in [0.29, 0.717) is 11.5 Å². The monoisotopic (exact) mass is 310 g/mol. The van der Waals surface area contributed by atoms with Crippen LogP contribution in [0.4, 0.5) is 0 Å². The van der Waals surface area contributed by atoms with E-state index in [2.05, 4.69) is 43.2 Å². The highest BCUT2D eigenvalue weighted by Gasteiger charge is 2.21. The summed E-state index contributed by atoms with van der Waals surface area (Å²) in [6, 6.07) is 12.1. The number of aliphatic imine (C=N–C) groups is 1. The fraction of sp³-hybridized carbons (Fsp3) is 0.222. The van der Waals surface area contributed by atoms with Crippen LogP contribution in [-0.4, -0.2) is 11.7 Å². The van der Waals surface area contributed by atoms with Gasteiger partial charge in [-0.1, -0.05) is 51.1 Å². The normalized spacial score (nSPS) is 16.8. The minimum atomic E-state index is -0.150. The highest BCUT2D eigenvalue weighted by molar-refractivity contribution is 7.10. The molecule has 0 spiro atoms. The summed E-state index contributed by atoms with van der Waals surface area (Å²) in [6.45, 7) is 6.54. The molecule has 0 atom stereocenters. The molecule has 0 fully saturated rings. The first-order valence-electron chi connectivity index (χ1n) is 7.20. The second kappa shape index (κ2) is 5.54. The Morgan fingerprint density at radius 1 is 1.14 bits per heavy atom. The first-order valence-corrected chi connectivity index (χ1v) is 8.07. The van der Waals surface area contributed by atoms with Crippen molar-refractivity contribution in [2.45, 2.75) is 26.2 Å². The second-order valence-corrected chi connectivity index (χ2v) is 7.27. The fourth-order valence-corrected chi connectivity index (χ4v) is 2.89. The first kappa shape index (κ1) is 14.7. The fourth-order valence-electron chi connectivity index (χ4n) is 2.24. The molecule has 0 saturated heterocycles. The van der Waals surface area contributed by atoms with Crippen LogP contribution < -0.4 is 5.32 Å². The van der Waals surface area contributed by atoms with Crippen molar-refractivity contribution in [2.75, 3.05) is 0 Å². The Morgan fingerprint density at radius 2 is 1.86 bits per heavy atom. The maximum atomic E-state index is 12.0. The van der Waals surface area contributed by atoms with E-state index in [4.69, 9.17) is 0 Å². The molecule has 3 nitrogen and oxygen atoms in total. The predicted molar refractivity (Wildman–Crippen MR) is 92.1 cm³/mol. The molecule has 1 N–H and O–H groups in total. The lowest BCUT2D eigenvalue weighted by Crippen LogP contribution is -2.24. The zero-order valence-corrected chi connectivity index (χ0v) is 13.7.